The maximum atomic E-state index is 13.7. The third-order valence-corrected chi connectivity index (χ3v) is 7.59. The van der Waals surface area contributed by atoms with Gasteiger partial charge in [-0.25, -0.2) is 0 Å². The van der Waals surface area contributed by atoms with Crippen LogP contribution in [-0.2, 0) is 17.6 Å². The van der Waals surface area contributed by atoms with E-state index in [1.807, 2.05) is 54.6 Å². The minimum absolute atomic E-state index is 0.126. The molecular weight excluding hydrogens is 498 g/mol. The van der Waals surface area contributed by atoms with Crippen LogP contribution in [0.2, 0.25) is 0 Å². The zero-order chi connectivity index (χ0) is 28.5. The molecule has 1 heterocycles. The van der Waals surface area contributed by atoms with E-state index >= 15 is 0 Å². The van der Waals surface area contributed by atoms with Gasteiger partial charge in [-0.1, -0.05) is 54.6 Å². The van der Waals surface area contributed by atoms with E-state index in [4.69, 9.17) is 4.74 Å². The van der Waals surface area contributed by atoms with Gasteiger partial charge in [0.15, 0.2) is 0 Å². The van der Waals surface area contributed by atoms with Gasteiger partial charge in [-0.15, -0.1) is 0 Å². The Bertz CT molecular complexity index is 1240. The third kappa shape index (κ3) is 7.51. The Morgan fingerprint density at radius 2 is 1.62 bits per heavy atom. The van der Waals surface area contributed by atoms with Crippen molar-refractivity contribution in [1.82, 2.24) is 15.1 Å². The molecule has 0 aliphatic carbocycles. The van der Waals surface area contributed by atoms with E-state index in [1.54, 1.807) is 4.90 Å². The SMILES string of the molecule is CC(C)N(CCNC(=O)C1c2ccc(OCCCc3ccccc3)cc2CCN1C(=O)c1ccccc1)C(C)C. The van der Waals surface area contributed by atoms with Gasteiger partial charge in [0.2, 0.25) is 5.91 Å². The van der Waals surface area contributed by atoms with Gasteiger partial charge in [0.25, 0.3) is 5.91 Å². The molecule has 0 saturated heterocycles. The number of nitrogens with zero attached hydrogens (tertiary/aromatic N) is 2. The van der Waals surface area contributed by atoms with Crippen LogP contribution < -0.4 is 10.1 Å². The number of carbonyl (C=O) groups excluding carboxylic acids is 2. The Balaban J connectivity index is 1.48. The van der Waals surface area contributed by atoms with Crippen molar-refractivity contribution >= 4 is 11.8 Å². The van der Waals surface area contributed by atoms with E-state index in [0.717, 1.165) is 36.3 Å². The average molecular weight is 542 g/mol. The van der Waals surface area contributed by atoms with Crippen molar-refractivity contribution in [3.05, 3.63) is 101 Å². The summed E-state index contributed by atoms with van der Waals surface area (Å²) >= 11 is 0. The second-order valence-electron chi connectivity index (χ2n) is 11.0. The highest BCUT2D eigenvalue weighted by Crippen LogP contribution is 2.33. The summed E-state index contributed by atoms with van der Waals surface area (Å²) in [6.07, 6.45) is 2.57. The van der Waals surface area contributed by atoms with Gasteiger partial charge in [-0.2, -0.15) is 0 Å². The number of aryl methyl sites for hydroxylation is 1. The Hall–Kier alpha value is -3.64. The molecule has 3 aromatic carbocycles. The number of benzene rings is 3. The third-order valence-electron chi connectivity index (χ3n) is 7.59. The number of hydrogen-bond donors (Lipinski definition) is 1. The summed E-state index contributed by atoms with van der Waals surface area (Å²) in [5.74, 6) is 0.533. The maximum Gasteiger partial charge on any atom is 0.254 e. The quantitative estimate of drug-likeness (QED) is 0.300. The van der Waals surface area contributed by atoms with Crippen LogP contribution in [0.25, 0.3) is 0 Å². The van der Waals surface area contributed by atoms with Crippen LogP contribution in [0.15, 0.2) is 78.9 Å². The zero-order valence-electron chi connectivity index (χ0n) is 24.3. The second-order valence-corrected chi connectivity index (χ2v) is 11.0. The molecule has 0 aromatic heterocycles. The maximum absolute atomic E-state index is 13.7. The second kappa shape index (κ2) is 14.1. The Morgan fingerprint density at radius 1 is 0.950 bits per heavy atom. The van der Waals surface area contributed by atoms with E-state index in [-0.39, 0.29) is 11.8 Å². The van der Waals surface area contributed by atoms with Crippen molar-refractivity contribution in [2.45, 2.75) is 65.1 Å². The smallest absolute Gasteiger partial charge is 0.254 e. The highest BCUT2D eigenvalue weighted by atomic mass is 16.5. The van der Waals surface area contributed by atoms with Gasteiger partial charge in [-0.05, 0) is 87.9 Å². The molecule has 6 heteroatoms. The fraction of sp³-hybridized carbons (Fsp3) is 0.412. The lowest BCUT2D eigenvalue weighted by atomic mass is 9.91. The van der Waals surface area contributed by atoms with Gasteiger partial charge in [0, 0.05) is 37.3 Å². The van der Waals surface area contributed by atoms with E-state index in [0.29, 0.717) is 43.8 Å². The van der Waals surface area contributed by atoms with E-state index < -0.39 is 6.04 Å². The number of carbonyl (C=O) groups is 2. The number of ether oxygens (including phenoxy) is 1. The van der Waals surface area contributed by atoms with Crippen molar-refractivity contribution in [2.75, 3.05) is 26.2 Å². The number of amides is 2. The molecule has 0 radical (unpaired) electrons. The molecule has 40 heavy (non-hydrogen) atoms. The number of rotatable bonds is 12. The summed E-state index contributed by atoms with van der Waals surface area (Å²) in [4.78, 5) is 31.3. The molecular formula is C34H43N3O3. The van der Waals surface area contributed by atoms with Gasteiger partial charge in [0.05, 0.1) is 6.61 Å². The highest BCUT2D eigenvalue weighted by Gasteiger charge is 2.36. The predicted molar refractivity (Wildman–Crippen MR) is 161 cm³/mol. The summed E-state index contributed by atoms with van der Waals surface area (Å²) in [6, 6.07) is 25.7. The minimum atomic E-state index is -0.685. The Kier molecular flexibility index (Phi) is 10.4. The lowest BCUT2D eigenvalue weighted by molar-refractivity contribution is -0.126. The lowest BCUT2D eigenvalue weighted by Gasteiger charge is -2.37. The van der Waals surface area contributed by atoms with E-state index in [9.17, 15) is 9.59 Å². The minimum Gasteiger partial charge on any atom is -0.494 e. The first kappa shape index (κ1) is 29.3. The first-order valence-corrected chi connectivity index (χ1v) is 14.5. The molecule has 0 bridgehead atoms. The van der Waals surface area contributed by atoms with Crippen molar-refractivity contribution in [1.29, 1.82) is 0 Å². The van der Waals surface area contributed by atoms with Crippen LogP contribution >= 0.6 is 0 Å². The largest absolute Gasteiger partial charge is 0.494 e. The Labute approximate surface area is 239 Å². The summed E-state index contributed by atoms with van der Waals surface area (Å²) in [6.45, 7) is 11.0. The van der Waals surface area contributed by atoms with E-state index in [1.165, 1.54) is 5.56 Å². The van der Waals surface area contributed by atoms with Crippen molar-refractivity contribution in [2.24, 2.45) is 0 Å². The summed E-state index contributed by atoms with van der Waals surface area (Å²) < 4.78 is 6.08. The summed E-state index contributed by atoms with van der Waals surface area (Å²) in [7, 11) is 0. The van der Waals surface area contributed by atoms with Crippen LogP contribution in [0.3, 0.4) is 0 Å². The van der Waals surface area contributed by atoms with Gasteiger partial charge >= 0.3 is 0 Å². The zero-order valence-corrected chi connectivity index (χ0v) is 24.3. The van der Waals surface area contributed by atoms with Crippen LogP contribution in [0.1, 0.15) is 67.2 Å². The molecule has 6 nitrogen and oxygen atoms in total. The molecule has 212 valence electrons. The normalized spacial score (nSPS) is 14.9. The Morgan fingerprint density at radius 3 is 2.30 bits per heavy atom. The average Bonchev–Trinajstić information content (AvgIpc) is 2.97. The summed E-state index contributed by atoms with van der Waals surface area (Å²) in [5.41, 5.74) is 3.82. The molecule has 4 rings (SSSR count). The van der Waals surface area contributed by atoms with Crippen molar-refractivity contribution in [3.63, 3.8) is 0 Å². The number of nitrogens with one attached hydrogen (secondary N) is 1. The number of hydrogen-bond acceptors (Lipinski definition) is 4. The molecule has 3 aromatic rings. The molecule has 0 fully saturated rings. The molecule has 0 saturated carbocycles. The number of fused-ring (bicyclic) bond motifs is 1. The topological polar surface area (TPSA) is 61.9 Å². The van der Waals surface area contributed by atoms with Crippen LogP contribution in [0.5, 0.6) is 5.75 Å². The van der Waals surface area contributed by atoms with Gasteiger partial charge in [0.1, 0.15) is 11.8 Å². The van der Waals surface area contributed by atoms with Crippen molar-refractivity contribution < 1.29 is 14.3 Å². The molecule has 1 aliphatic rings. The lowest BCUT2D eigenvalue weighted by Crippen LogP contribution is -2.49. The fourth-order valence-corrected chi connectivity index (χ4v) is 5.57. The van der Waals surface area contributed by atoms with Crippen LogP contribution in [0.4, 0.5) is 0 Å². The van der Waals surface area contributed by atoms with Crippen LogP contribution in [0, 0.1) is 0 Å². The molecule has 1 atom stereocenters. The van der Waals surface area contributed by atoms with E-state index in [2.05, 4.69) is 62.2 Å². The van der Waals surface area contributed by atoms with Crippen LogP contribution in [-0.4, -0.2) is 59.9 Å². The van der Waals surface area contributed by atoms with Crippen molar-refractivity contribution in [3.8, 4) is 5.75 Å². The molecule has 1 unspecified atom stereocenters. The van der Waals surface area contributed by atoms with Gasteiger partial charge < -0.3 is 15.0 Å². The molecule has 2 amide bonds. The molecule has 1 aliphatic heterocycles. The molecule has 1 N–H and O–H groups in total. The first-order chi connectivity index (χ1) is 19.3. The monoisotopic (exact) mass is 541 g/mol. The fourth-order valence-electron chi connectivity index (χ4n) is 5.57. The molecule has 0 spiro atoms. The standard InChI is InChI=1S/C34H43N3O3/c1-25(2)36(26(3)4)22-20-35-33(38)32-31-18-17-30(40-23-11-14-27-12-7-5-8-13-27)24-29(31)19-21-37(32)34(39)28-15-9-6-10-16-28/h5-10,12-13,15-18,24-26,32H,11,14,19-23H2,1-4H3,(H,35,38). The highest BCUT2D eigenvalue weighted by molar-refractivity contribution is 5.98. The van der Waals surface area contributed by atoms with Gasteiger partial charge in [-0.3, -0.25) is 14.5 Å². The summed E-state index contributed by atoms with van der Waals surface area (Å²) in [5, 5.41) is 3.14. The predicted octanol–water partition coefficient (Wildman–Crippen LogP) is 5.67. The first-order valence-electron chi connectivity index (χ1n) is 14.5.